The Kier molecular flexibility index (Phi) is 4.88. The monoisotopic (exact) mass is 391 g/mol. The average Bonchev–Trinajstić information content (AvgIpc) is 3.05. The summed E-state index contributed by atoms with van der Waals surface area (Å²) in [5.41, 5.74) is 3.49. The number of anilines is 3. The molecule has 2 aromatic rings. The van der Waals surface area contributed by atoms with Crippen LogP contribution in [0.25, 0.3) is 0 Å². The third-order valence-electron chi connectivity index (χ3n) is 5.28. The van der Waals surface area contributed by atoms with E-state index in [9.17, 15) is 19.2 Å². The largest absolute Gasteiger partial charge is 0.322 e. The molecule has 0 aromatic heterocycles. The Bertz CT molecular complexity index is 997. The fourth-order valence-corrected chi connectivity index (χ4v) is 3.83. The summed E-state index contributed by atoms with van der Waals surface area (Å²) < 4.78 is 0. The van der Waals surface area contributed by atoms with Crippen molar-refractivity contribution in [2.75, 3.05) is 21.7 Å². The fraction of sp³-hybridized carbons (Fsp3) is 0.273. The summed E-state index contributed by atoms with van der Waals surface area (Å²) in [4.78, 5) is 50.9. The molecule has 2 heterocycles. The molecule has 148 valence electrons. The molecule has 7 nitrogen and oxygen atoms in total. The van der Waals surface area contributed by atoms with E-state index < -0.39 is 0 Å². The van der Waals surface area contributed by atoms with Crippen LogP contribution in [-0.2, 0) is 20.8 Å². The number of nitrogens with one attached hydrogen (secondary N) is 1. The molecular formula is C22H21N3O4. The van der Waals surface area contributed by atoms with E-state index in [1.54, 1.807) is 42.2 Å². The van der Waals surface area contributed by atoms with Gasteiger partial charge < -0.3 is 10.2 Å². The second kappa shape index (κ2) is 7.50. The van der Waals surface area contributed by atoms with Crippen molar-refractivity contribution >= 4 is 40.7 Å². The normalized spacial score (nSPS) is 16.0. The van der Waals surface area contributed by atoms with Crippen molar-refractivity contribution in [1.29, 1.82) is 0 Å². The van der Waals surface area contributed by atoms with Crippen LogP contribution >= 0.6 is 0 Å². The molecule has 1 N–H and O–H groups in total. The zero-order valence-corrected chi connectivity index (χ0v) is 16.1. The van der Waals surface area contributed by atoms with Crippen molar-refractivity contribution in [3.63, 3.8) is 0 Å². The van der Waals surface area contributed by atoms with Gasteiger partial charge in [-0.3, -0.25) is 24.1 Å². The highest BCUT2D eigenvalue weighted by Gasteiger charge is 2.30. The van der Waals surface area contributed by atoms with Gasteiger partial charge in [0.1, 0.15) is 0 Å². The molecule has 29 heavy (non-hydrogen) atoms. The lowest BCUT2D eigenvalue weighted by molar-refractivity contribution is -0.121. The average molecular weight is 391 g/mol. The molecule has 0 radical (unpaired) electrons. The van der Waals surface area contributed by atoms with Crippen molar-refractivity contribution < 1.29 is 19.2 Å². The predicted octanol–water partition coefficient (Wildman–Crippen LogP) is 2.89. The SMILES string of the molecule is CC(=O)N1CCCc2cc(NC(=O)c3ccc(N4C(=O)CCC4=O)cc3)ccc21. The molecule has 4 rings (SSSR count). The van der Waals surface area contributed by atoms with Gasteiger partial charge in [-0.05, 0) is 60.9 Å². The Morgan fingerprint density at radius 2 is 1.62 bits per heavy atom. The molecule has 2 aliphatic rings. The second-order valence-corrected chi connectivity index (χ2v) is 7.24. The van der Waals surface area contributed by atoms with Gasteiger partial charge in [0.25, 0.3) is 5.91 Å². The maximum atomic E-state index is 12.6. The topological polar surface area (TPSA) is 86.8 Å². The van der Waals surface area contributed by atoms with Crippen LogP contribution in [0.5, 0.6) is 0 Å². The Balaban J connectivity index is 1.49. The Labute approximate surface area is 168 Å². The lowest BCUT2D eigenvalue weighted by Gasteiger charge is -2.29. The number of carbonyl (C=O) groups excluding carboxylic acids is 4. The van der Waals surface area contributed by atoms with Crippen LogP contribution in [0.2, 0.25) is 0 Å². The first-order valence-electron chi connectivity index (χ1n) is 9.62. The predicted molar refractivity (Wildman–Crippen MR) is 109 cm³/mol. The second-order valence-electron chi connectivity index (χ2n) is 7.24. The van der Waals surface area contributed by atoms with Crippen LogP contribution in [-0.4, -0.2) is 30.2 Å². The minimum atomic E-state index is -0.283. The van der Waals surface area contributed by atoms with Gasteiger partial charge in [0.2, 0.25) is 17.7 Å². The number of hydrogen-bond donors (Lipinski definition) is 1. The van der Waals surface area contributed by atoms with Crippen LogP contribution in [0.1, 0.15) is 42.1 Å². The molecule has 1 saturated heterocycles. The summed E-state index contributed by atoms with van der Waals surface area (Å²) in [5.74, 6) is -0.714. The molecule has 0 spiro atoms. The van der Waals surface area contributed by atoms with E-state index in [1.807, 2.05) is 12.1 Å². The van der Waals surface area contributed by atoms with Gasteiger partial charge in [-0.2, -0.15) is 0 Å². The van der Waals surface area contributed by atoms with Crippen molar-refractivity contribution in [3.8, 4) is 0 Å². The van der Waals surface area contributed by atoms with E-state index >= 15 is 0 Å². The van der Waals surface area contributed by atoms with Crippen LogP contribution < -0.4 is 15.1 Å². The molecule has 7 heteroatoms. The van der Waals surface area contributed by atoms with Gasteiger partial charge in [0, 0.05) is 43.2 Å². The minimum Gasteiger partial charge on any atom is -0.322 e. The number of hydrogen-bond acceptors (Lipinski definition) is 4. The first-order valence-corrected chi connectivity index (χ1v) is 9.62. The van der Waals surface area contributed by atoms with Gasteiger partial charge in [0.15, 0.2) is 0 Å². The highest BCUT2D eigenvalue weighted by atomic mass is 16.2. The summed E-state index contributed by atoms with van der Waals surface area (Å²) in [7, 11) is 0. The standard InChI is InChI=1S/C22H21N3O4/c1-14(26)24-12-2-3-16-13-17(6-9-19(16)24)23-22(29)15-4-7-18(8-5-15)25-20(27)10-11-21(25)28/h4-9,13H,2-3,10-12H2,1H3,(H,23,29). The Hall–Kier alpha value is -3.48. The maximum Gasteiger partial charge on any atom is 0.255 e. The van der Waals surface area contributed by atoms with Crippen LogP contribution in [0.15, 0.2) is 42.5 Å². The van der Waals surface area contributed by atoms with Gasteiger partial charge in [-0.15, -0.1) is 0 Å². The molecule has 2 aromatic carbocycles. The molecule has 4 amide bonds. The summed E-state index contributed by atoms with van der Waals surface area (Å²) >= 11 is 0. The first kappa shape index (κ1) is 18.9. The highest BCUT2D eigenvalue weighted by Crippen LogP contribution is 2.30. The van der Waals surface area contributed by atoms with Gasteiger partial charge in [-0.1, -0.05) is 0 Å². The van der Waals surface area contributed by atoms with Crippen LogP contribution in [0, 0.1) is 0 Å². The highest BCUT2D eigenvalue weighted by molar-refractivity contribution is 6.20. The van der Waals surface area contributed by atoms with Crippen molar-refractivity contribution in [2.45, 2.75) is 32.6 Å². The molecule has 0 aliphatic carbocycles. The number of benzene rings is 2. The van der Waals surface area contributed by atoms with Crippen LogP contribution in [0.3, 0.4) is 0 Å². The number of carbonyl (C=O) groups is 4. The zero-order chi connectivity index (χ0) is 20.5. The van der Waals surface area contributed by atoms with E-state index in [0.29, 0.717) is 23.5 Å². The number of imide groups is 1. The first-order chi connectivity index (χ1) is 13.9. The van der Waals surface area contributed by atoms with Crippen molar-refractivity contribution in [1.82, 2.24) is 0 Å². The summed E-state index contributed by atoms with van der Waals surface area (Å²) in [6.45, 7) is 2.26. The molecule has 0 saturated carbocycles. The quantitative estimate of drug-likeness (QED) is 0.815. The van der Waals surface area contributed by atoms with Crippen LogP contribution in [0.4, 0.5) is 17.1 Å². The Morgan fingerprint density at radius 3 is 2.28 bits per heavy atom. The Morgan fingerprint density at radius 1 is 0.931 bits per heavy atom. The lowest BCUT2D eigenvalue weighted by atomic mass is 10.0. The van der Waals surface area contributed by atoms with E-state index in [0.717, 1.165) is 29.0 Å². The minimum absolute atomic E-state index is 0.0118. The molecular weight excluding hydrogens is 370 g/mol. The smallest absolute Gasteiger partial charge is 0.255 e. The number of aryl methyl sites for hydroxylation is 1. The molecule has 0 bridgehead atoms. The van der Waals surface area contributed by atoms with E-state index in [1.165, 1.54) is 0 Å². The van der Waals surface area contributed by atoms with Gasteiger partial charge in [-0.25, -0.2) is 0 Å². The summed E-state index contributed by atoms with van der Waals surface area (Å²) in [6.07, 6.45) is 2.19. The number of nitrogens with zero attached hydrogens (tertiary/aromatic N) is 2. The molecule has 0 atom stereocenters. The molecule has 1 fully saturated rings. The fourth-order valence-electron chi connectivity index (χ4n) is 3.83. The van der Waals surface area contributed by atoms with E-state index in [4.69, 9.17) is 0 Å². The molecule has 2 aliphatic heterocycles. The van der Waals surface area contributed by atoms with Gasteiger partial charge in [0.05, 0.1) is 5.69 Å². The molecule has 0 unspecified atom stereocenters. The maximum absolute atomic E-state index is 12.6. The third kappa shape index (κ3) is 3.63. The number of amides is 4. The zero-order valence-electron chi connectivity index (χ0n) is 16.1. The third-order valence-corrected chi connectivity index (χ3v) is 5.28. The van der Waals surface area contributed by atoms with E-state index in [2.05, 4.69) is 5.32 Å². The van der Waals surface area contributed by atoms with Crippen molar-refractivity contribution in [3.05, 3.63) is 53.6 Å². The number of rotatable bonds is 3. The number of fused-ring (bicyclic) bond motifs is 1. The van der Waals surface area contributed by atoms with Gasteiger partial charge >= 0.3 is 0 Å². The summed E-state index contributed by atoms with van der Waals surface area (Å²) in [5, 5.41) is 2.87. The van der Waals surface area contributed by atoms with E-state index in [-0.39, 0.29) is 36.5 Å². The lowest BCUT2D eigenvalue weighted by Crippen LogP contribution is -2.33. The summed E-state index contributed by atoms with van der Waals surface area (Å²) in [6, 6.07) is 11.9. The van der Waals surface area contributed by atoms with Crippen molar-refractivity contribution in [2.24, 2.45) is 0 Å².